The summed E-state index contributed by atoms with van der Waals surface area (Å²) in [7, 11) is 0. The molecular formula is C10H9F3N2O. The Kier molecular flexibility index (Phi) is 2.29. The summed E-state index contributed by atoms with van der Waals surface area (Å²) in [6.07, 6.45) is -4.51. The number of alkyl halides is 3. The Morgan fingerprint density at radius 3 is 2.62 bits per heavy atom. The van der Waals surface area contributed by atoms with E-state index in [1.165, 1.54) is 16.8 Å². The zero-order chi connectivity index (χ0) is 11.9. The molecule has 0 bridgehead atoms. The summed E-state index contributed by atoms with van der Waals surface area (Å²) in [5, 5.41) is 2.08. The second-order valence-corrected chi connectivity index (χ2v) is 3.38. The van der Waals surface area contributed by atoms with Crippen molar-refractivity contribution in [2.75, 3.05) is 0 Å². The number of benzene rings is 1. The fourth-order valence-corrected chi connectivity index (χ4v) is 1.73. The van der Waals surface area contributed by atoms with E-state index < -0.39 is 17.3 Å². The summed E-state index contributed by atoms with van der Waals surface area (Å²) in [5.74, 6) is 0. The van der Waals surface area contributed by atoms with Crippen LogP contribution in [0.5, 0.6) is 0 Å². The van der Waals surface area contributed by atoms with Gasteiger partial charge in [-0.3, -0.25) is 14.6 Å². The Bertz CT molecular complexity index is 580. The van der Waals surface area contributed by atoms with Crippen LogP contribution in [-0.4, -0.2) is 9.78 Å². The van der Waals surface area contributed by atoms with Crippen molar-refractivity contribution < 1.29 is 13.2 Å². The minimum absolute atomic E-state index is 0.280. The predicted molar refractivity (Wildman–Crippen MR) is 53.2 cm³/mol. The molecule has 1 heterocycles. The minimum atomic E-state index is -4.51. The molecule has 0 radical (unpaired) electrons. The highest BCUT2D eigenvalue weighted by Gasteiger charge is 2.34. The smallest absolute Gasteiger partial charge is 0.285 e. The van der Waals surface area contributed by atoms with Crippen molar-refractivity contribution in [1.29, 1.82) is 0 Å². The topological polar surface area (TPSA) is 37.8 Å². The van der Waals surface area contributed by atoms with E-state index in [1.807, 2.05) is 0 Å². The van der Waals surface area contributed by atoms with Gasteiger partial charge in [0.15, 0.2) is 0 Å². The van der Waals surface area contributed by atoms with Gasteiger partial charge >= 0.3 is 6.18 Å². The molecule has 0 aliphatic carbocycles. The first-order valence-electron chi connectivity index (χ1n) is 4.74. The van der Waals surface area contributed by atoms with Gasteiger partial charge in [0.05, 0.1) is 16.5 Å². The zero-order valence-corrected chi connectivity index (χ0v) is 8.43. The van der Waals surface area contributed by atoms with Crippen LogP contribution in [0.25, 0.3) is 10.9 Å². The summed E-state index contributed by atoms with van der Waals surface area (Å²) in [6, 6.07) is 3.70. The third-order valence-electron chi connectivity index (χ3n) is 2.42. The lowest BCUT2D eigenvalue weighted by molar-refractivity contribution is -0.136. The van der Waals surface area contributed by atoms with Crippen LogP contribution in [0.3, 0.4) is 0 Å². The lowest BCUT2D eigenvalue weighted by Crippen LogP contribution is -2.10. The van der Waals surface area contributed by atoms with Gasteiger partial charge in [-0.25, -0.2) is 0 Å². The van der Waals surface area contributed by atoms with E-state index in [9.17, 15) is 18.0 Å². The van der Waals surface area contributed by atoms with Gasteiger partial charge in [0.25, 0.3) is 5.56 Å². The lowest BCUT2D eigenvalue weighted by Gasteiger charge is -2.07. The quantitative estimate of drug-likeness (QED) is 0.802. The summed E-state index contributed by atoms with van der Waals surface area (Å²) >= 11 is 0. The average Bonchev–Trinajstić information content (AvgIpc) is 2.54. The summed E-state index contributed by atoms with van der Waals surface area (Å²) < 4.78 is 39.3. The summed E-state index contributed by atoms with van der Waals surface area (Å²) in [6.45, 7) is 2.16. The molecule has 0 saturated heterocycles. The number of H-pyrrole nitrogens is 1. The zero-order valence-electron chi connectivity index (χ0n) is 8.43. The SMILES string of the molecule is CCn1[nH]c(=O)c2c(C(F)(F)F)cccc21. The van der Waals surface area contributed by atoms with Crippen LogP contribution in [0.2, 0.25) is 0 Å². The van der Waals surface area contributed by atoms with Gasteiger partial charge in [0.2, 0.25) is 0 Å². The van der Waals surface area contributed by atoms with Gasteiger partial charge in [0.1, 0.15) is 0 Å². The van der Waals surface area contributed by atoms with Crippen molar-refractivity contribution >= 4 is 10.9 Å². The molecule has 0 amide bonds. The van der Waals surface area contributed by atoms with Crippen LogP contribution in [0.15, 0.2) is 23.0 Å². The molecule has 0 fully saturated rings. The number of aromatic amines is 1. The Hall–Kier alpha value is -1.72. The molecule has 0 spiro atoms. The van der Waals surface area contributed by atoms with Crippen molar-refractivity contribution in [2.45, 2.75) is 19.6 Å². The summed E-state index contributed by atoms with van der Waals surface area (Å²) in [5.41, 5.74) is -1.31. The molecule has 86 valence electrons. The normalized spacial score (nSPS) is 12.2. The minimum Gasteiger partial charge on any atom is -0.285 e. The molecule has 0 aliphatic rings. The molecule has 2 aromatic rings. The van der Waals surface area contributed by atoms with Crippen LogP contribution in [-0.2, 0) is 12.7 Å². The van der Waals surface area contributed by atoms with Crippen molar-refractivity contribution in [3.05, 3.63) is 34.1 Å². The molecule has 2 rings (SSSR count). The number of nitrogens with one attached hydrogen (secondary N) is 1. The van der Waals surface area contributed by atoms with Gasteiger partial charge in [0, 0.05) is 6.54 Å². The van der Waals surface area contributed by atoms with E-state index in [-0.39, 0.29) is 10.9 Å². The van der Waals surface area contributed by atoms with E-state index in [0.717, 1.165) is 6.07 Å². The van der Waals surface area contributed by atoms with E-state index in [1.54, 1.807) is 6.92 Å². The number of aromatic nitrogens is 2. The second-order valence-electron chi connectivity index (χ2n) is 3.38. The molecule has 6 heteroatoms. The number of nitrogens with zero attached hydrogens (tertiary/aromatic N) is 1. The predicted octanol–water partition coefficient (Wildman–Crippen LogP) is 2.37. The van der Waals surface area contributed by atoms with Crippen LogP contribution < -0.4 is 5.56 Å². The monoisotopic (exact) mass is 230 g/mol. The maximum absolute atomic E-state index is 12.6. The van der Waals surface area contributed by atoms with Crippen LogP contribution in [0.1, 0.15) is 12.5 Å². The fraction of sp³-hybridized carbons (Fsp3) is 0.300. The van der Waals surface area contributed by atoms with Gasteiger partial charge in [-0.2, -0.15) is 13.2 Å². The highest BCUT2D eigenvalue weighted by molar-refractivity contribution is 5.82. The van der Waals surface area contributed by atoms with Crippen molar-refractivity contribution in [1.82, 2.24) is 9.78 Å². The van der Waals surface area contributed by atoms with Gasteiger partial charge in [-0.15, -0.1) is 0 Å². The molecule has 0 aliphatic heterocycles. The first-order chi connectivity index (χ1) is 7.45. The van der Waals surface area contributed by atoms with Crippen molar-refractivity contribution in [2.24, 2.45) is 0 Å². The Morgan fingerprint density at radius 1 is 1.38 bits per heavy atom. The van der Waals surface area contributed by atoms with Crippen LogP contribution in [0, 0.1) is 0 Å². The molecule has 0 saturated carbocycles. The van der Waals surface area contributed by atoms with Gasteiger partial charge in [-0.05, 0) is 19.1 Å². The average molecular weight is 230 g/mol. The Labute approximate surface area is 88.5 Å². The lowest BCUT2D eigenvalue weighted by atomic mass is 10.1. The largest absolute Gasteiger partial charge is 0.417 e. The standard InChI is InChI=1S/C10H9F3N2O/c1-2-15-7-5-3-4-6(10(11,12)13)8(7)9(16)14-15/h3-5H,2H2,1H3,(H,14,16). The van der Waals surface area contributed by atoms with E-state index in [0.29, 0.717) is 6.54 Å². The maximum atomic E-state index is 12.6. The highest BCUT2D eigenvalue weighted by atomic mass is 19.4. The van der Waals surface area contributed by atoms with Crippen molar-refractivity contribution in [3.63, 3.8) is 0 Å². The molecule has 0 unspecified atom stereocenters. The third kappa shape index (κ3) is 1.50. The Morgan fingerprint density at radius 2 is 2.06 bits per heavy atom. The number of aryl methyl sites for hydroxylation is 1. The number of hydrogen-bond acceptors (Lipinski definition) is 1. The van der Waals surface area contributed by atoms with E-state index >= 15 is 0 Å². The van der Waals surface area contributed by atoms with Gasteiger partial charge in [-0.1, -0.05) is 6.07 Å². The molecule has 0 atom stereocenters. The van der Waals surface area contributed by atoms with E-state index in [2.05, 4.69) is 5.10 Å². The number of fused-ring (bicyclic) bond motifs is 1. The number of halogens is 3. The molecule has 1 aromatic heterocycles. The molecular weight excluding hydrogens is 221 g/mol. The number of hydrogen-bond donors (Lipinski definition) is 1. The molecule has 16 heavy (non-hydrogen) atoms. The molecule has 1 N–H and O–H groups in total. The summed E-state index contributed by atoms with van der Waals surface area (Å²) in [4.78, 5) is 11.4. The van der Waals surface area contributed by atoms with Crippen LogP contribution >= 0.6 is 0 Å². The first-order valence-corrected chi connectivity index (χ1v) is 4.74. The van der Waals surface area contributed by atoms with E-state index in [4.69, 9.17) is 0 Å². The third-order valence-corrected chi connectivity index (χ3v) is 2.42. The highest BCUT2D eigenvalue weighted by Crippen LogP contribution is 2.33. The van der Waals surface area contributed by atoms with Crippen LogP contribution in [0.4, 0.5) is 13.2 Å². The first kappa shape index (κ1) is 10.8. The molecule has 1 aromatic carbocycles. The Balaban J connectivity index is 2.88. The maximum Gasteiger partial charge on any atom is 0.417 e. The fourth-order valence-electron chi connectivity index (χ4n) is 1.73. The number of rotatable bonds is 1. The molecule has 3 nitrogen and oxygen atoms in total. The second kappa shape index (κ2) is 3.40. The van der Waals surface area contributed by atoms with Gasteiger partial charge < -0.3 is 0 Å². The van der Waals surface area contributed by atoms with Crippen molar-refractivity contribution in [3.8, 4) is 0 Å².